The fourth-order valence-corrected chi connectivity index (χ4v) is 3.44. The van der Waals surface area contributed by atoms with Crippen molar-refractivity contribution in [1.29, 1.82) is 0 Å². The monoisotopic (exact) mass is 254 g/mol. The summed E-state index contributed by atoms with van der Waals surface area (Å²) < 4.78 is 5.86. The van der Waals surface area contributed by atoms with Gasteiger partial charge in [-0.05, 0) is 52.1 Å². The van der Waals surface area contributed by atoms with Crippen molar-refractivity contribution in [3.63, 3.8) is 0 Å². The van der Waals surface area contributed by atoms with E-state index >= 15 is 0 Å². The Labute approximate surface area is 112 Å². The molecule has 0 amide bonds. The third-order valence-electron chi connectivity index (χ3n) is 4.47. The second kappa shape index (κ2) is 7.46. The Morgan fingerprint density at radius 2 is 2.06 bits per heavy atom. The van der Waals surface area contributed by atoms with Crippen molar-refractivity contribution in [3.05, 3.63) is 0 Å². The van der Waals surface area contributed by atoms with Crippen LogP contribution in [0, 0.1) is 0 Å². The molecule has 0 bridgehead atoms. The van der Waals surface area contributed by atoms with Gasteiger partial charge in [0.05, 0.1) is 6.10 Å². The number of hydrogen-bond acceptors (Lipinski definition) is 3. The van der Waals surface area contributed by atoms with Crippen LogP contribution in [0.15, 0.2) is 0 Å². The minimum atomic E-state index is 0.483. The lowest BCUT2D eigenvalue weighted by Crippen LogP contribution is -2.48. The van der Waals surface area contributed by atoms with E-state index in [2.05, 4.69) is 24.2 Å². The number of nitrogens with zero attached hydrogens (tertiary/aromatic N) is 1. The highest BCUT2D eigenvalue weighted by Gasteiger charge is 2.31. The SMILES string of the molecule is CCCNC1CCCC1N(C)CC1CCCCO1. The highest BCUT2D eigenvalue weighted by atomic mass is 16.5. The van der Waals surface area contributed by atoms with E-state index in [-0.39, 0.29) is 0 Å². The van der Waals surface area contributed by atoms with Gasteiger partial charge in [-0.25, -0.2) is 0 Å². The molecule has 3 nitrogen and oxygen atoms in total. The third kappa shape index (κ3) is 3.94. The van der Waals surface area contributed by atoms with Gasteiger partial charge < -0.3 is 10.1 Å². The summed E-state index contributed by atoms with van der Waals surface area (Å²) in [5.41, 5.74) is 0. The zero-order valence-corrected chi connectivity index (χ0v) is 12.2. The molecule has 18 heavy (non-hydrogen) atoms. The number of hydrogen-bond donors (Lipinski definition) is 1. The molecule has 0 spiro atoms. The maximum absolute atomic E-state index is 5.86. The van der Waals surface area contributed by atoms with E-state index in [4.69, 9.17) is 4.74 Å². The van der Waals surface area contributed by atoms with Crippen LogP contribution in [0.3, 0.4) is 0 Å². The molecule has 0 aromatic rings. The molecular formula is C15H30N2O. The van der Waals surface area contributed by atoms with Crippen LogP contribution < -0.4 is 5.32 Å². The second-order valence-electron chi connectivity index (χ2n) is 5.99. The maximum Gasteiger partial charge on any atom is 0.0702 e. The zero-order valence-electron chi connectivity index (χ0n) is 12.2. The predicted molar refractivity (Wildman–Crippen MR) is 75.9 cm³/mol. The van der Waals surface area contributed by atoms with Gasteiger partial charge in [-0.2, -0.15) is 0 Å². The van der Waals surface area contributed by atoms with E-state index in [0.717, 1.165) is 25.7 Å². The molecule has 1 saturated carbocycles. The van der Waals surface area contributed by atoms with Crippen LogP contribution in [-0.4, -0.2) is 49.8 Å². The molecule has 2 aliphatic rings. The van der Waals surface area contributed by atoms with E-state index in [0.29, 0.717) is 12.1 Å². The van der Waals surface area contributed by atoms with Crippen molar-refractivity contribution in [2.75, 3.05) is 26.7 Å². The standard InChI is InChI=1S/C15H30N2O/c1-3-10-16-14-8-6-9-15(14)17(2)12-13-7-4-5-11-18-13/h13-16H,3-12H2,1-2H3. The van der Waals surface area contributed by atoms with Crippen LogP contribution in [0.5, 0.6) is 0 Å². The van der Waals surface area contributed by atoms with Crippen LogP contribution in [0.25, 0.3) is 0 Å². The molecule has 106 valence electrons. The van der Waals surface area contributed by atoms with Crippen LogP contribution in [0.4, 0.5) is 0 Å². The Hall–Kier alpha value is -0.120. The lowest BCUT2D eigenvalue weighted by molar-refractivity contribution is -0.00948. The van der Waals surface area contributed by atoms with Crippen molar-refractivity contribution >= 4 is 0 Å². The summed E-state index contributed by atoms with van der Waals surface area (Å²) in [4.78, 5) is 2.55. The van der Waals surface area contributed by atoms with Crippen molar-refractivity contribution in [2.24, 2.45) is 0 Å². The van der Waals surface area contributed by atoms with Crippen molar-refractivity contribution < 1.29 is 4.74 Å². The molecule has 3 heteroatoms. The van der Waals surface area contributed by atoms with Gasteiger partial charge >= 0.3 is 0 Å². The minimum absolute atomic E-state index is 0.483. The normalized spacial score (nSPS) is 33.2. The Balaban J connectivity index is 1.77. The lowest BCUT2D eigenvalue weighted by Gasteiger charge is -2.34. The predicted octanol–water partition coefficient (Wildman–Crippen LogP) is 2.41. The average Bonchev–Trinajstić information content (AvgIpc) is 2.86. The fraction of sp³-hybridized carbons (Fsp3) is 1.00. The number of ether oxygens (including phenoxy) is 1. The molecular weight excluding hydrogens is 224 g/mol. The maximum atomic E-state index is 5.86. The van der Waals surface area contributed by atoms with E-state index < -0.39 is 0 Å². The summed E-state index contributed by atoms with van der Waals surface area (Å²) >= 11 is 0. The molecule has 1 aliphatic heterocycles. The highest BCUT2D eigenvalue weighted by molar-refractivity contribution is 4.90. The average molecular weight is 254 g/mol. The number of likely N-dealkylation sites (N-methyl/N-ethyl adjacent to an activating group) is 1. The quantitative estimate of drug-likeness (QED) is 0.788. The third-order valence-corrected chi connectivity index (χ3v) is 4.47. The van der Waals surface area contributed by atoms with Gasteiger partial charge in [-0.3, -0.25) is 4.90 Å². The Morgan fingerprint density at radius 1 is 1.17 bits per heavy atom. The van der Waals surface area contributed by atoms with Gasteiger partial charge in [0, 0.05) is 25.2 Å². The Kier molecular flexibility index (Phi) is 5.93. The van der Waals surface area contributed by atoms with Crippen LogP contribution in [-0.2, 0) is 4.74 Å². The highest BCUT2D eigenvalue weighted by Crippen LogP contribution is 2.25. The van der Waals surface area contributed by atoms with E-state index in [1.807, 2.05) is 0 Å². The van der Waals surface area contributed by atoms with Crippen LogP contribution in [0.1, 0.15) is 51.9 Å². The van der Waals surface area contributed by atoms with Gasteiger partial charge in [-0.15, -0.1) is 0 Å². The molecule has 0 radical (unpaired) electrons. The summed E-state index contributed by atoms with van der Waals surface area (Å²) in [5.74, 6) is 0. The minimum Gasteiger partial charge on any atom is -0.377 e. The Bertz CT molecular complexity index is 229. The fourth-order valence-electron chi connectivity index (χ4n) is 3.44. The zero-order chi connectivity index (χ0) is 12.8. The van der Waals surface area contributed by atoms with E-state index in [9.17, 15) is 0 Å². The van der Waals surface area contributed by atoms with Gasteiger partial charge in [0.15, 0.2) is 0 Å². The summed E-state index contributed by atoms with van der Waals surface area (Å²) in [5, 5.41) is 3.72. The second-order valence-corrected chi connectivity index (χ2v) is 5.99. The molecule has 1 heterocycles. The van der Waals surface area contributed by atoms with Gasteiger partial charge in [0.2, 0.25) is 0 Å². The van der Waals surface area contributed by atoms with Crippen LogP contribution in [0.2, 0.25) is 0 Å². The first-order chi connectivity index (χ1) is 8.81. The van der Waals surface area contributed by atoms with Crippen LogP contribution >= 0.6 is 0 Å². The molecule has 3 unspecified atom stereocenters. The number of nitrogens with one attached hydrogen (secondary N) is 1. The van der Waals surface area contributed by atoms with Gasteiger partial charge in [0.1, 0.15) is 0 Å². The first-order valence-electron chi connectivity index (χ1n) is 7.86. The summed E-state index contributed by atoms with van der Waals surface area (Å²) in [6.45, 7) is 5.50. The van der Waals surface area contributed by atoms with Crippen molar-refractivity contribution in [2.45, 2.75) is 70.1 Å². The van der Waals surface area contributed by atoms with E-state index in [1.165, 1.54) is 44.9 Å². The largest absolute Gasteiger partial charge is 0.377 e. The molecule has 3 atom stereocenters. The molecule has 0 aromatic carbocycles. The van der Waals surface area contributed by atoms with Gasteiger partial charge in [0.25, 0.3) is 0 Å². The summed E-state index contributed by atoms with van der Waals surface area (Å²) in [6, 6.07) is 1.43. The summed E-state index contributed by atoms with van der Waals surface area (Å²) in [7, 11) is 2.29. The smallest absolute Gasteiger partial charge is 0.0702 e. The first kappa shape index (κ1) is 14.3. The molecule has 1 N–H and O–H groups in total. The summed E-state index contributed by atoms with van der Waals surface area (Å²) in [6.07, 6.45) is 9.65. The van der Waals surface area contributed by atoms with Crippen molar-refractivity contribution in [1.82, 2.24) is 10.2 Å². The van der Waals surface area contributed by atoms with Crippen molar-refractivity contribution in [3.8, 4) is 0 Å². The van der Waals surface area contributed by atoms with E-state index in [1.54, 1.807) is 0 Å². The van der Waals surface area contributed by atoms with Gasteiger partial charge in [-0.1, -0.05) is 13.3 Å². The molecule has 1 saturated heterocycles. The first-order valence-corrected chi connectivity index (χ1v) is 7.86. The topological polar surface area (TPSA) is 24.5 Å². The Morgan fingerprint density at radius 3 is 2.78 bits per heavy atom. The number of rotatable bonds is 6. The molecule has 2 fully saturated rings. The molecule has 0 aromatic heterocycles. The molecule has 2 rings (SSSR count). The molecule has 1 aliphatic carbocycles. The lowest BCUT2D eigenvalue weighted by atomic mass is 10.1.